The maximum atomic E-state index is 11.9. The van der Waals surface area contributed by atoms with Crippen molar-refractivity contribution in [2.75, 3.05) is 24.7 Å². The minimum Gasteiger partial charge on any atom is -0.495 e. The predicted octanol–water partition coefficient (Wildman–Crippen LogP) is 2.82. The first-order valence-corrected chi connectivity index (χ1v) is 7.57. The van der Waals surface area contributed by atoms with E-state index in [0.29, 0.717) is 23.8 Å². The fourth-order valence-corrected chi connectivity index (χ4v) is 2.22. The summed E-state index contributed by atoms with van der Waals surface area (Å²) in [4.78, 5) is 15.8. The second-order valence-corrected chi connectivity index (χ2v) is 5.13. The number of pyridine rings is 1. The van der Waals surface area contributed by atoms with E-state index in [1.54, 1.807) is 25.4 Å². The van der Waals surface area contributed by atoms with Gasteiger partial charge in [0.15, 0.2) is 0 Å². The predicted molar refractivity (Wildman–Crippen MR) is 91.6 cm³/mol. The number of benzene rings is 1. The highest BCUT2D eigenvalue weighted by molar-refractivity contribution is 5.90. The number of rotatable bonds is 7. The Kier molecular flexibility index (Phi) is 6.23. The van der Waals surface area contributed by atoms with Gasteiger partial charge in [-0.25, -0.2) is 9.78 Å². The molecular weight excluding hydrogens is 292 g/mol. The summed E-state index contributed by atoms with van der Waals surface area (Å²) < 4.78 is 5.19. The number of carbonyl (C=O) groups excluding carboxylic acids is 1. The molecule has 23 heavy (non-hydrogen) atoms. The van der Waals surface area contributed by atoms with Crippen LogP contribution in [0.2, 0.25) is 0 Å². The normalized spacial score (nSPS) is 10.1. The molecule has 2 amide bonds. The number of nitrogens with one attached hydrogen (secondary N) is 2. The van der Waals surface area contributed by atoms with Crippen molar-refractivity contribution in [3.05, 3.63) is 48.2 Å². The number of para-hydroxylation sites is 2. The van der Waals surface area contributed by atoms with E-state index in [1.807, 2.05) is 24.3 Å². The molecule has 0 radical (unpaired) electrons. The van der Waals surface area contributed by atoms with E-state index < -0.39 is 0 Å². The second kappa shape index (κ2) is 8.63. The zero-order chi connectivity index (χ0) is 16.5. The van der Waals surface area contributed by atoms with Crippen molar-refractivity contribution in [1.29, 1.82) is 0 Å². The zero-order valence-corrected chi connectivity index (χ0v) is 13.2. The van der Waals surface area contributed by atoms with E-state index in [1.165, 1.54) is 0 Å². The summed E-state index contributed by atoms with van der Waals surface area (Å²) in [5.74, 6) is 1.18. The Bertz CT molecular complexity index is 646. The number of unbranched alkanes of at least 4 members (excludes halogenated alkanes) is 1. The molecule has 2 rings (SSSR count). The monoisotopic (exact) mass is 314 g/mol. The van der Waals surface area contributed by atoms with Crippen LogP contribution in [0.25, 0.3) is 0 Å². The lowest BCUT2D eigenvalue weighted by molar-refractivity contribution is 0.252. The number of ether oxygens (including phenoxy) is 1. The Labute approximate surface area is 136 Å². The third-order valence-electron chi connectivity index (χ3n) is 3.38. The third-order valence-corrected chi connectivity index (χ3v) is 3.38. The highest BCUT2D eigenvalue weighted by Crippen LogP contribution is 2.22. The van der Waals surface area contributed by atoms with Gasteiger partial charge in [-0.3, -0.25) is 0 Å². The van der Waals surface area contributed by atoms with Gasteiger partial charge in [-0.2, -0.15) is 0 Å². The first kappa shape index (κ1) is 16.6. The number of methoxy groups -OCH3 is 1. The Hall–Kier alpha value is -2.76. The fraction of sp³-hybridized carbons (Fsp3) is 0.294. The SMILES string of the molecule is COc1ccccc1NC(=O)NCCCCc1ccnc(N)c1. The van der Waals surface area contributed by atoms with Crippen molar-refractivity contribution >= 4 is 17.5 Å². The molecule has 1 heterocycles. The average Bonchev–Trinajstić information content (AvgIpc) is 2.55. The molecule has 6 nitrogen and oxygen atoms in total. The molecule has 1 aromatic carbocycles. The van der Waals surface area contributed by atoms with E-state index in [9.17, 15) is 4.79 Å². The lowest BCUT2D eigenvalue weighted by Gasteiger charge is -2.10. The summed E-state index contributed by atoms with van der Waals surface area (Å²) in [6.45, 7) is 0.613. The van der Waals surface area contributed by atoms with Crippen molar-refractivity contribution < 1.29 is 9.53 Å². The average molecular weight is 314 g/mol. The number of nitrogens with zero attached hydrogens (tertiary/aromatic N) is 1. The van der Waals surface area contributed by atoms with Crippen LogP contribution in [0.4, 0.5) is 16.3 Å². The van der Waals surface area contributed by atoms with Gasteiger partial charge in [-0.15, -0.1) is 0 Å². The lowest BCUT2D eigenvalue weighted by Crippen LogP contribution is -2.29. The van der Waals surface area contributed by atoms with Crippen LogP contribution in [-0.4, -0.2) is 24.7 Å². The number of aryl methyl sites for hydroxylation is 1. The van der Waals surface area contributed by atoms with Gasteiger partial charge in [-0.05, 0) is 49.1 Å². The Morgan fingerprint density at radius 3 is 2.87 bits per heavy atom. The number of nitrogen functional groups attached to an aromatic ring is 1. The molecule has 0 aliphatic rings. The highest BCUT2D eigenvalue weighted by atomic mass is 16.5. The molecule has 4 N–H and O–H groups in total. The molecule has 0 aliphatic carbocycles. The van der Waals surface area contributed by atoms with Crippen LogP contribution < -0.4 is 21.1 Å². The standard InChI is InChI=1S/C17H22N4O2/c1-23-15-8-3-2-7-14(15)21-17(22)20-10-5-4-6-13-9-11-19-16(18)12-13/h2-3,7-9,11-12H,4-6,10H2,1H3,(H2,18,19)(H2,20,21,22). The number of aromatic nitrogens is 1. The lowest BCUT2D eigenvalue weighted by atomic mass is 10.1. The van der Waals surface area contributed by atoms with Gasteiger partial charge in [-0.1, -0.05) is 12.1 Å². The molecule has 0 saturated heterocycles. The Morgan fingerprint density at radius 1 is 1.26 bits per heavy atom. The van der Waals surface area contributed by atoms with Crippen molar-refractivity contribution in [2.24, 2.45) is 0 Å². The molecule has 0 saturated carbocycles. The zero-order valence-electron chi connectivity index (χ0n) is 13.2. The van der Waals surface area contributed by atoms with E-state index in [-0.39, 0.29) is 6.03 Å². The van der Waals surface area contributed by atoms with Crippen molar-refractivity contribution in [3.8, 4) is 5.75 Å². The van der Waals surface area contributed by atoms with Gasteiger partial charge >= 0.3 is 6.03 Å². The van der Waals surface area contributed by atoms with Gasteiger partial charge in [0, 0.05) is 12.7 Å². The van der Waals surface area contributed by atoms with E-state index >= 15 is 0 Å². The van der Waals surface area contributed by atoms with Crippen molar-refractivity contribution in [1.82, 2.24) is 10.3 Å². The summed E-state index contributed by atoms with van der Waals surface area (Å²) in [7, 11) is 1.57. The molecule has 0 unspecified atom stereocenters. The van der Waals surface area contributed by atoms with Gasteiger partial charge in [0.25, 0.3) is 0 Å². The number of anilines is 2. The van der Waals surface area contributed by atoms with Crippen LogP contribution in [0.3, 0.4) is 0 Å². The largest absolute Gasteiger partial charge is 0.495 e. The van der Waals surface area contributed by atoms with Crippen molar-refractivity contribution in [2.45, 2.75) is 19.3 Å². The summed E-state index contributed by atoms with van der Waals surface area (Å²) in [6, 6.07) is 10.9. The van der Waals surface area contributed by atoms with Crippen LogP contribution in [0.5, 0.6) is 5.75 Å². The molecule has 1 aromatic heterocycles. The van der Waals surface area contributed by atoms with Gasteiger partial charge in [0.05, 0.1) is 12.8 Å². The first-order chi connectivity index (χ1) is 11.2. The highest BCUT2D eigenvalue weighted by Gasteiger charge is 2.05. The van der Waals surface area contributed by atoms with E-state index in [0.717, 1.165) is 24.8 Å². The van der Waals surface area contributed by atoms with E-state index in [2.05, 4.69) is 15.6 Å². The molecule has 0 aliphatic heterocycles. The number of hydrogen-bond acceptors (Lipinski definition) is 4. The number of amides is 2. The van der Waals surface area contributed by atoms with Crippen LogP contribution in [0, 0.1) is 0 Å². The quantitative estimate of drug-likeness (QED) is 0.686. The van der Waals surface area contributed by atoms with Crippen LogP contribution in [0.1, 0.15) is 18.4 Å². The van der Waals surface area contributed by atoms with Crippen LogP contribution in [-0.2, 0) is 6.42 Å². The maximum Gasteiger partial charge on any atom is 0.319 e. The summed E-state index contributed by atoms with van der Waals surface area (Å²) in [5, 5.41) is 5.62. The summed E-state index contributed by atoms with van der Waals surface area (Å²) in [5.41, 5.74) is 7.45. The number of nitrogens with two attached hydrogens (primary N) is 1. The summed E-state index contributed by atoms with van der Waals surface area (Å²) >= 11 is 0. The third kappa shape index (κ3) is 5.50. The number of hydrogen-bond donors (Lipinski definition) is 3. The van der Waals surface area contributed by atoms with Crippen molar-refractivity contribution in [3.63, 3.8) is 0 Å². The maximum absolute atomic E-state index is 11.9. The van der Waals surface area contributed by atoms with E-state index in [4.69, 9.17) is 10.5 Å². The number of urea groups is 1. The molecule has 2 aromatic rings. The van der Waals surface area contributed by atoms with Crippen LogP contribution in [0.15, 0.2) is 42.6 Å². The Morgan fingerprint density at radius 2 is 2.09 bits per heavy atom. The smallest absolute Gasteiger partial charge is 0.319 e. The fourth-order valence-electron chi connectivity index (χ4n) is 2.22. The van der Waals surface area contributed by atoms with Gasteiger partial charge < -0.3 is 21.1 Å². The second-order valence-electron chi connectivity index (χ2n) is 5.13. The minimum atomic E-state index is -0.234. The molecule has 0 spiro atoms. The van der Waals surface area contributed by atoms with Crippen LogP contribution >= 0.6 is 0 Å². The number of carbonyl (C=O) groups is 1. The summed E-state index contributed by atoms with van der Waals surface area (Å²) in [6.07, 6.45) is 4.49. The van der Waals surface area contributed by atoms with Gasteiger partial charge in [0.2, 0.25) is 0 Å². The molecule has 0 atom stereocenters. The molecule has 0 fully saturated rings. The topological polar surface area (TPSA) is 89.3 Å². The molecule has 0 bridgehead atoms. The first-order valence-electron chi connectivity index (χ1n) is 7.57. The molecule has 6 heteroatoms. The minimum absolute atomic E-state index is 0.234. The molecule has 122 valence electrons. The Balaban J connectivity index is 1.67. The van der Waals surface area contributed by atoms with Gasteiger partial charge in [0.1, 0.15) is 11.6 Å². The molecular formula is C17H22N4O2.